The maximum atomic E-state index is 12.7. The maximum absolute atomic E-state index is 12.7. The van der Waals surface area contributed by atoms with E-state index in [1.807, 2.05) is 11.8 Å². The van der Waals surface area contributed by atoms with Gasteiger partial charge in [-0.15, -0.1) is 0 Å². The van der Waals surface area contributed by atoms with Crippen LogP contribution >= 0.6 is 0 Å². The Labute approximate surface area is 134 Å². The van der Waals surface area contributed by atoms with Gasteiger partial charge in [-0.05, 0) is 25.7 Å². The highest BCUT2D eigenvalue weighted by molar-refractivity contribution is 7.88. The second-order valence-corrected chi connectivity index (χ2v) is 8.64. The highest BCUT2D eigenvalue weighted by atomic mass is 32.2. The Kier molecular flexibility index (Phi) is 5.50. The zero-order chi connectivity index (χ0) is 16.4. The van der Waals surface area contributed by atoms with Gasteiger partial charge in [0, 0.05) is 25.7 Å². The van der Waals surface area contributed by atoms with Crippen molar-refractivity contribution in [2.45, 2.75) is 63.5 Å². The summed E-state index contributed by atoms with van der Waals surface area (Å²) in [4.78, 5) is 14.5. The van der Waals surface area contributed by atoms with Crippen LogP contribution in [0.15, 0.2) is 0 Å². The molecule has 2 fully saturated rings. The molecule has 0 spiro atoms. The minimum absolute atomic E-state index is 0.00382. The van der Waals surface area contributed by atoms with Gasteiger partial charge in [-0.3, -0.25) is 4.79 Å². The van der Waals surface area contributed by atoms with Crippen molar-refractivity contribution in [3.8, 4) is 0 Å². The number of piperidine rings is 1. The molecule has 1 amide bonds. The Morgan fingerprint density at radius 1 is 1.23 bits per heavy atom. The first-order valence-corrected chi connectivity index (χ1v) is 10.2. The molecular weight excluding hydrogens is 302 g/mol. The number of amides is 1. The van der Waals surface area contributed by atoms with Crippen molar-refractivity contribution in [2.24, 2.45) is 5.73 Å². The Bertz CT molecular complexity index is 492. The van der Waals surface area contributed by atoms with Crippen LogP contribution in [0.1, 0.15) is 51.9 Å². The molecule has 1 saturated heterocycles. The Balaban J connectivity index is 1.95. The normalized spacial score (nSPS) is 23.7. The number of hydrogen-bond acceptors (Lipinski definition) is 4. The standard InChI is InChI=1S/C15H29N3O3S/c1-3-18(22(2,20)21)13-7-11-17(12-8-13)14(19)15(16)9-5-4-6-10-15/h13H,3-12,16H2,1-2H3. The summed E-state index contributed by atoms with van der Waals surface area (Å²) in [5.74, 6) is 0.0630. The summed E-state index contributed by atoms with van der Waals surface area (Å²) in [6.45, 7) is 3.55. The monoisotopic (exact) mass is 331 g/mol. The van der Waals surface area contributed by atoms with Crippen molar-refractivity contribution < 1.29 is 13.2 Å². The number of hydrogen-bond donors (Lipinski definition) is 1. The zero-order valence-electron chi connectivity index (χ0n) is 13.8. The lowest BCUT2D eigenvalue weighted by Gasteiger charge is -2.41. The lowest BCUT2D eigenvalue weighted by Crippen LogP contribution is -2.59. The van der Waals surface area contributed by atoms with Gasteiger partial charge in [0.1, 0.15) is 0 Å². The third kappa shape index (κ3) is 3.81. The lowest BCUT2D eigenvalue weighted by molar-refractivity contribution is -0.139. The predicted molar refractivity (Wildman–Crippen MR) is 86.8 cm³/mol. The smallest absolute Gasteiger partial charge is 0.242 e. The van der Waals surface area contributed by atoms with E-state index in [2.05, 4.69) is 0 Å². The fraction of sp³-hybridized carbons (Fsp3) is 0.933. The summed E-state index contributed by atoms with van der Waals surface area (Å²) >= 11 is 0. The lowest BCUT2D eigenvalue weighted by atomic mass is 9.81. The molecule has 2 aliphatic rings. The summed E-state index contributed by atoms with van der Waals surface area (Å²) in [5.41, 5.74) is 5.64. The number of nitrogens with two attached hydrogens (primary N) is 1. The summed E-state index contributed by atoms with van der Waals surface area (Å²) in [5, 5.41) is 0. The quantitative estimate of drug-likeness (QED) is 0.830. The van der Waals surface area contributed by atoms with E-state index < -0.39 is 15.6 Å². The first kappa shape index (κ1) is 17.7. The molecule has 0 atom stereocenters. The van der Waals surface area contributed by atoms with Crippen molar-refractivity contribution in [1.82, 2.24) is 9.21 Å². The second kappa shape index (κ2) is 6.84. The summed E-state index contributed by atoms with van der Waals surface area (Å²) in [6, 6.07) is 0.00382. The fourth-order valence-electron chi connectivity index (χ4n) is 3.83. The van der Waals surface area contributed by atoms with Gasteiger partial charge in [-0.2, -0.15) is 4.31 Å². The first-order valence-electron chi connectivity index (χ1n) is 8.33. The third-order valence-corrected chi connectivity index (χ3v) is 6.48. The molecule has 1 aliphatic heterocycles. The zero-order valence-corrected chi connectivity index (χ0v) is 14.6. The van der Waals surface area contributed by atoms with Crippen LogP contribution in [0.4, 0.5) is 0 Å². The molecule has 1 heterocycles. The molecular formula is C15H29N3O3S. The topological polar surface area (TPSA) is 83.7 Å². The highest BCUT2D eigenvalue weighted by Crippen LogP contribution is 2.29. The van der Waals surface area contributed by atoms with Crippen LogP contribution in [-0.2, 0) is 14.8 Å². The number of sulfonamides is 1. The number of likely N-dealkylation sites (tertiary alicyclic amines) is 1. The van der Waals surface area contributed by atoms with Crippen LogP contribution in [-0.4, -0.2) is 61.0 Å². The van der Waals surface area contributed by atoms with Gasteiger partial charge in [0.15, 0.2) is 0 Å². The molecule has 6 nitrogen and oxygen atoms in total. The van der Waals surface area contributed by atoms with Crippen molar-refractivity contribution >= 4 is 15.9 Å². The van der Waals surface area contributed by atoms with Crippen molar-refractivity contribution in [2.75, 3.05) is 25.9 Å². The summed E-state index contributed by atoms with van der Waals surface area (Å²) in [7, 11) is -3.18. The van der Waals surface area contributed by atoms with Gasteiger partial charge in [0.05, 0.1) is 11.8 Å². The van der Waals surface area contributed by atoms with Gasteiger partial charge in [0.25, 0.3) is 0 Å². The Morgan fingerprint density at radius 2 is 1.77 bits per heavy atom. The van der Waals surface area contributed by atoms with E-state index in [9.17, 15) is 13.2 Å². The molecule has 22 heavy (non-hydrogen) atoms. The van der Waals surface area contributed by atoms with E-state index in [0.717, 1.165) is 32.1 Å². The van der Waals surface area contributed by atoms with Crippen LogP contribution in [0.3, 0.4) is 0 Å². The van der Waals surface area contributed by atoms with E-state index in [1.54, 1.807) is 4.31 Å². The molecule has 0 bridgehead atoms. The van der Waals surface area contributed by atoms with Crippen LogP contribution in [0, 0.1) is 0 Å². The average molecular weight is 331 g/mol. The fourth-order valence-corrected chi connectivity index (χ4v) is 5.05. The number of carbonyl (C=O) groups excluding carboxylic acids is 1. The largest absolute Gasteiger partial charge is 0.341 e. The minimum Gasteiger partial charge on any atom is -0.341 e. The van der Waals surface area contributed by atoms with E-state index in [-0.39, 0.29) is 11.9 Å². The Morgan fingerprint density at radius 3 is 2.23 bits per heavy atom. The molecule has 7 heteroatoms. The van der Waals surface area contributed by atoms with Crippen molar-refractivity contribution in [3.63, 3.8) is 0 Å². The molecule has 0 aromatic rings. The minimum atomic E-state index is -3.18. The van der Waals surface area contributed by atoms with Crippen LogP contribution in [0.5, 0.6) is 0 Å². The van der Waals surface area contributed by atoms with E-state index in [0.29, 0.717) is 32.5 Å². The summed E-state index contributed by atoms with van der Waals surface area (Å²) < 4.78 is 25.2. The number of carbonyl (C=O) groups is 1. The van der Waals surface area contributed by atoms with E-state index in [4.69, 9.17) is 5.73 Å². The predicted octanol–water partition coefficient (Wildman–Crippen LogP) is 0.921. The first-order chi connectivity index (χ1) is 10.3. The Hall–Kier alpha value is -0.660. The SMILES string of the molecule is CCN(C1CCN(C(=O)C2(N)CCCCC2)CC1)S(C)(=O)=O. The molecule has 1 saturated carbocycles. The van der Waals surface area contributed by atoms with Crippen molar-refractivity contribution in [3.05, 3.63) is 0 Å². The molecule has 128 valence electrons. The van der Waals surface area contributed by atoms with Gasteiger partial charge in [-0.1, -0.05) is 26.2 Å². The number of nitrogens with zero attached hydrogens (tertiary/aromatic N) is 2. The van der Waals surface area contributed by atoms with Gasteiger partial charge in [-0.25, -0.2) is 8.42 Å². The third-order valence-electron chi connectivity index (χ3n) is 5.07. The van der Waals surface area contributed by atoms with Gasteiger partial charge < -0.3 is 10.6 Å². The molecule has 0 unspecified atom stereocenters. The molecule has 0 radical (unpaired) electrons. The molecule has 2 N–H and O–H groups in total. The molecule has 0 aromatic carbocycles. The van der Waals surface area contributed by atoms with Crippen molar-refractivity contribution in [1.29, 1.82) is 0 Å². The van der Waals surface area contributed by atoms with Gasteiger partial charge in [0.2, 0.25) is 15.9 Å². The van der Waals surface area contributed by atoms with Gasteiger partial charge >= 0.3 is 0 Å². The van der Waals surface area contributed by atoms with E-state index in [1.165, 1.54) is 6.26 Å². The van der Waals surface area contributed by atoms with Crippen LogP contribution in [0.25, 0.3) is 0 Å². The van der Waals surface area contributed by atoms with E-state index >= 15 is 0 Å². The molecule has 0 aromatic heterocycles. The second-order valence-electron chi connectivity index (χ2n) is 6.71. The average Bonchev–Trinajstić information content (AvgIpc) is 2.47. The molecule has 2 rings (SSSR count). The molecule has 1 aliphatic carbocycles. The maximum Gasteiger partial charge on any atom is 0.242 e. The summed E-state index contributed by atoms with van der Waals surface area (Å²) in [6.07, 6.45) is 7.41. The highest BCUT2D eigenvalue weighted by Gasteiger charge is 2.40. The number of rotatable bonds is 4. The van der Waals surface area contributed by atoms with Crippen LogP contribution in [0.2, 0.25) is 0 Å². The van der Waals surface area contributed by atoms with Crippen LogP contribution < -0.4 is 5.73 Å².